The van der Waals surface area contributed by atoms with E-state index in [0.717, 1.165) is 17.9 Å². The summed E-state index contributed by atoms with van der Waals surface area (Å²) in [6.45, 7) is 5.87. The summed E-state index contributed by atoms with van der Waals surface area (Å²) >= 11 is 0. The summed E-state index contributed by atoms with van der Waals surface area (Å²) in [7, 11) is 0. The Hall–Kier alpha value is -0.820. The summed E-state index contributed by atoms with van der Waals surface area (Å²) in [5, 5.41) is 3.71. The fourth-order valence-corrected chi connectivity index (χ4v) is 3.35. The van der Waals surface area contributed by atoms with Gasteiger partial charge in [0, 0.05) is 6.04 Å². The maximum atomic E-state index is 3.71. The molecule has 0 amide bonds. The molecule has 1 aliphatic heterocycles. The first kappa shape index (κ1) is 13.6. The van der Waals surface area contributed by atoms with Crippen molar-refractivity contribution in [3.63, 3.8) is 0 Å². The quantitative estimate of drug-likeness (QED) is 0.844. The molecule has 3 atom stereocenters. The Morgan fingerprint density at radius 2 is 1.83 bits per heavy atom. The van der Waals surface area contributed by atoms with E-state index >= 15 is 0 Å². The molecule has 2 rings (SSSR count). The van der Waals surface area contributed by atoms with E-state index in [1.807, 2.05) is 0 Å². The lowest BCUT2D eigenvalue weighted by Gasteiger charge is -2.25. The van der Waals surface area contributed by atoms with E-state index in [2.05, 4.69) is 49.5 Å². The molecule has 1 aromatic carbocycles. The monoisotopic (exact) mass is 245 g/mol. The second-order valence-corrected chi connectivity index (χ2v) is 5.70. The van der Waals surface area contributed by atoms with Gasteiger partial charge in [0.25, 0.3) is 0 Å². The minimum atomic E-state index is 0.746. The normalized spacial score (nSPS) is 28.9. The summed E-state index contributed by atoms with van der Waals surface area (Å²) in [5.41, 5.74) is 1.51. The molecule has 0 radical (unpaired) electrons. The Balaban J connectivity index is 2.01. The smallest absolute Gasteiger partial charge is 0.00671 e. The Bertz CT molecular complexity index is 333. The Morgan fingerprint density at radius 3 is 2.50 bits per heavy atom. The molecular weight excluding hydrogens is 218 g/mol. The first-order valence-electron chi connectivity index (χ1n) is 7.60. The van der Waals surface area contributed by atoms with E-state index in [0.29, 0.717) is 0 Å². The van der Waals surface area contributed by atoms with Crippen molar-refractivity contribution in [3.05, 3.63) is 35.9 Å². The van der Waals surface area contributed by atoms with E-state index in [9.17, 15) is 0 Å². The van der Waals surface area contributed by atoms with Crippen LogP contribution in [0.5, 0.6) is 0 Å². The largest absolute Gasteiger partial charge is 0.314 e. The Labute approximate surface area is 112 Å². The first-order valence-corrected chi connectivity index (χ1v) is 7.60. The second kappa shape index (κ2) is 6.94. The molecule has 1 saturated heterocycles. The molecule has 100 valence electrons. The molecule has 1 heteroatoms. The highest BCUT2D eigenvalue weighted by Gasteiger charge is 2.26. The third kappa shape index (κ3) is 3.58. The molecule has 1 N–H and O–H groups in total. The van der Waals surface area contributed by atoms with E-state index in [4.69, 9.17) is 0 Å². The van der Waals surface area contributed by atoms with Crippen molar-refractivity contribution in [2.75, 3.05) is 6.54 Å². The zero-order valence-corrected chi connectivity index (χ0v) is 11.9. The summed E-state index contributed by atoms with van der Waals surface area (Å²) in [6, 6.07) is 11.8. The van der Waals surface area contributed by atoms with Crippen LogP contribution in [0.25, 0.3) is 0 Å². The molecule has 0 spiro atoms. The molecule has 1 heterocycles. The summed E-state index contributed by atoms with van der Waals surface area (Å²) in [4.78, 5) is 0. The third-order valence-electron chi connectivity index (χ3n) is 4.56. The van der Waals surface area contributed by atoms with Crippen LogP contribution < -0.4 is 5.32 Å². The number of hydrogen-bond acceptors (Lipinski definition) is 1. The van der Waals surface area contributed by atoms with Crippen LogP contribution in [-0.4, -0.2) is 12.6 Å². The van der Waals surface area contributed by atoms with Gasteiger partial charge in [0.1, 0.15) is 0 Å². The third-order valence-corrected chi connectivity index (χ3v) is 4.56. The number of rotatable bonds is 4. The molecule has 0 aliphatic carbocycles. The van der Waals surface area contributed by atoms with Gasteiger partial charge in [-0.2, -0.15) is 0 Å². The molecule has 0 bridgehead atoms. The molecule has 18 heavy (non-hydrogen) atoms. The number of hydrogen-bond donors (Lipinski definition) is 1. The zero-order valence-electron chi connectivity index (χ0n) is 11.9. The lowest BCUT2D eigenvalue weighted by Crippen LogP contribution is -2.28. The maximum absolute atomic E-state index is 3.71. The Kier molecular flexibility index (Phi) is 5.25. The fraction of sp³-hybridized carbons (Fsp3) is 0.647. The van der Waals surface area contributed by atoms with E-state index in [1.165, 1.54) is 44.2 Å². The molecule has 1 aliphatic rings. The van der Waals surface area contributed by atoms with Gasteiger partial charge in [-0.3, -0.25) is 0 Å². The van der Waals surface area contributed by atoms with Gasteiger partial charge in [-0.1, -0.05) is 50.6 Å². The van der Waals surface area contributed by atoms with Crippen LogP contribution in [0.15, 0.2) is 30.3 Å². The van der Waals surface area contributed by atoms with Crippen LogP contribution in [-0.2, 0) is 6.42 Å². The van der Waals surface area contributed by atoms with Crippen LogP contribution >= 0.6 is 0 Å². The average Bonchev–Trinajstić information content (AvgIpc) is 2.62. The molecule has 1 nitrogen and oxygen atoms in total. The zero-order chi connectivity index (χ0) is 12.8. The molecular formula is C17H27N. The summed E-state index contributed by atoms with van der Waals surface area (Å²) < 4.78 is 0. The molecule has 1 aromatic rings. The minimum Gasteiger partial charge on any atom is -0.314 e. The highest BCUT2D eigenvalue weighted by atomic mass is 14.9. The molecule has 0 saturated carbocycles. The van der Waals surface area contributed by atoms with Crippen molar-refractivity contribution < 1.29 is 0 Å². The van der Waals surface area contributed by atoms with Crippen molar-refractivity contribution in [2.45, 2.75) is 52.0 Å². The first-order chi connectivity index (χ1) is 8.83. The van der Waals surface area contributed by atoms with Crippen molar-refractivity contribution in [1.82, 2.24) is 5.32 Å². The van der Waals surface area contributed by atoms with Gasteiger partial charge < -0.3 is 5.32 Å². The average molecular weight is 245 g/mol. The highest BCUT2D eigenvalue weighted by Crippen LogP contribution is 2.30. The van der Waals surface area contributed by atoms with Gasteiger partial charge in [-0.15, -0.1) is 0 Å². The molecule has 3 unspecified atom stereocenters. The van der Waals surface area contributed by atoms with Crippen molar-refractivity contribution >= 4 is 0 Å². The second-order valence-electron chi connectivity index (χ2n) is 5.70. The van der Waals surface area contributed by atoms with Crippen LogP contribution in [0.3, 0.4) is 0 Å². The van der Waals surface area contributed by atoms with Crippen LogP contribution in [0.1, 0.15) is 45.1 Å². The van der Waals surface area contributed by atoms with Gasteiger partial charge in [0.15, 0.2) is 0 Å². The lowest BCUT2D eigenvalue weighted by atomic mass is 9.80. The topological polar surface area (TPSA) is 12.0 Å². The number of nitrogens with one attached hydrogen (secondary N) is 1. The van der Waals surface area contributed by atoms with Crippen LogP contribution in [0.2, 0.25) is 0 Å². The molecule has 1 fully saturated rings. The maximum Gasteiger partial charge on any atom is 0.00671 e. The van der Waals surface area contributed by atoms with Gasteiger partial charge in [-0.25, -0.2) is 0 Å². The molecule has 0 aromatic heterocycles. The van der Waals surface area contributed by atoms with Gasteiger partial charge >= 0.3 is 0 Å². The van der Waals surface area contributed by atoms with Crippen molar-refractivity contribution in [3.8, 4) is 0 Å². The van der Waals surface area contributed by atoms with Gasteiger partial charge in [-0.05, 0) is 49.6 Å². The van der Waals surface area contributed by atoms with E-state index in [-0.39, 0.29) is 0 Å². The van der Waals surface area contributed by atoms with E-state index in [1.54, 1.807) is 0 Å². The van der Waals surface area contributed by atoms with Gasteiger partial charge in [0.05, 0.1) is 0 Å². The van der Waals surface area contributed by atoms with Crippen LogP contribution in [0, 0.1) is 11.8 Å². The van der Waals surface area contributed by atoms with Crippen molar-refractivity contribution in [2.24, 2.45) is 11.8 Å². The van der Waals surface area contributed by atoms with Gasteiger partial charge in [0.2, 0.25) is 0 Å². The standard InChI is InChI=1S/C17H27N/c1-3-15-13-17(4-2)18-11-10-16(15)12-14-8-6-5-7-9-14/h5-9,15-18H,3-4,10-13H2,1-2H3. The predicted octanol–water partition coefficient (Wildman–Crippen LogP) is 4.03. The fourth-order valence-electron chi connectivity index (χ4n) is 3.35. The summed E-state index contributed by atoms with van der Waals surface area (Å²) in [6.07, 6.45) is 6.57. The number of benzene rings is 1. The van der Waals surface area contributed by atoms with Crippen LogP contribution in [0.4, 0.5) is 0 Å². The minimum absolute atomic E-state index is 0.746. The predicted molar refractivity (Wildman–Crippen MR) is 78.7 cm³/mol. The van der Waals surface area contributed by atoms with Crippen molar-refractivity contribution in [1.29, 1.82) is 0 Å². The highest BCUT2D eigenvalue weighted by molar-refractivity contribution is 5.15. The van der Waals surface area contributed by atoms with E-state index < -0.39 is 0 Å². The summed E-state index contributed by atoms with van der Waals surface area (Å²) in [5.74, 6) is 1.76. The Morgan fingerprint density at radius 1 is 1.06 bits per heavy atom. The SMILES string of the molecule is CCC1CC(CC)C(Cc2ccccc2)CCN1. The lowest BCUT2D eigenvalue weighted by molar-refractivity contribution is 0.293.